The molecule has 98 valence electrons. The number of hydrogen-bond donors (Lipinski definition) is 2. The van der Waals surface area contributed by atoms with Crippen molar-refractivity contribution in [3.8, 4) is 0 Å². The van der Waals surface area contributed by atoms with Crippen LogP contribution in [0.15, 0.2) is 22.7 Å². The van der Waals surface area contributed by atoms with Gasteiger partial charge in [-0.15, -0.1) is 0 Å². The molecule has 18 heavy (non-hydrogen) atoms. The smallest absolute Gasteiger partial charge is 0.252 e. The molecule has 1 aliphatic carbocycles. The summed E-state index contributed by atoms with van der Waals surface area (Å²) in [5.41, 5.74) is 6.99. The van der Waals surface area contributed by atoms with Crippen LogP contribution in [0.2, 0.25) is 0 Å². The highest BCUT2D eigenvalue weighted by molar-refractivity contribution is 9.10. The van der Waals surface area contributed by atoms with E-state index in [9.17, 15) is 4.79 Å². The van der Waals surface area contributed by atoms with Crippen molar-refractivity contribution >= 4 is 39.3 Å². The lowest BCUT2D eigenvalue weighted by Crippen LogP contribution is -2.33. The summed E-state index contributed by atoms with van der Waals surface area (Å²) < 4.78 is 0.682. The van der Waals surface area contributed by atoms with E-state index < -0.39 is 0 Å². The van der Waals surface area contributed by atoms with Crippen LogP contribution in [0.4, 0.5) is 5.69 Å². The highest BCUT2D eigenvalue weighted by Gasteiger charge is 2.26. The molecule has 0 aromatic heterocycles. The summed E-state index contributed by atoms with van der Waals surface area (Å²) >= 11 is 5.25. The van der Waals surface area contributed by atoms with Gasteiger partial charge in [0.1, 0.15) is 0 Å². The van der Waals surface area contributed by atoms with Crippen molar-refractivity contribution in [3.05, 3.63) is 28.2 Å². The van der Waals surface area contributed by atoms with Crippen molar-refractivity contribution in [1.82, 2.24) is 5.32 Å². The number of thioether (sulfide) groups is 1. The quantitative estimate of drug-likeness (QED) is 0.838. The Kier molecular flexibility index (Phi) is 4.56. The second kappa shape index (κ2) is 5.97. The molecule has 0 saturated heterocycles. The summed E-state index contributed by atoms with van der Waals surface area (Å²) in [5, 5.41) is 3.77. The minimum absolute atomic E-state index is 0.0408. The first kappa shape index (κ1) is 13.7. The second-order valence-corrected chi connectivity index (χ2v) is 6.48. The predicted molar refractivity (Wildman–Crippen MR) is 81.0 cm³/mol. The van der Waals surface area contributed by atoms with Gasteiger partial charge in [-0.3, -0.25) is 4.79 Å². The van der Waals surface area contributed by atoms with E-state index in [1.807, 2.05) is 11.8 Å². The number of nitrogens with one attached hydrogen (secondary N) is 1. The molecule has 0 aliphatic heterocycles. The van der Waals surface area contributed by atoms with Gasteiger partial charge in [0, 0.05) is 17.0 Å². The first-order valence-electron chi connectivity index (χ1n) is 5.99. The number of nitrogen functional groups attached to an aromatic ring is 1. The van der Waals surface area contributed by atoms with Crippen LogP contribution in [0.1, 0.15) is 29.6 Å². The zero-order chi connectivity index (χ0) is 13.1. The zero-order valence-corrected chi connectivity index (χ0v) is 12.7. The Bertz CT molecular complexity index is 453. The summed E-state index contributed by atoms with van der Waals surface area (Å²) in [4.78, 5) is 12.2. The Morgan fingerprint density at radius 3 is 2.94 bits per heavy atom. The number of carbonyl (C=O) groups is 1. The lowest BCUT2D eigenvalue weighted by molar-refractivity contribution is 0.0937. The third-order valence-electron chi connectivity index (χ3n) is 3.33. The van der Waals surface area contributed by atoms with Gasteiger partial charge in [0.25, 0.3) is 5.91 Å². The molecule has 1 aliphatic rings. The van der Waals surface area contributed by atoms with Gasteiger partial charge in [-0.05, 0) is 53.6 Å². The average Bonchev–Trinajstić information content (AvgIpc) is 2.80. The zero-order valence-electron chi connectivity index (χ0n) is 10.3. The number of nitrogens with two attached hydrogens (primary N) is 1. The largest absolute Gasteiger partial charge is 0.398 e. The van der Waals surface area contributed by atoms with E-state index in [1.54, 1.807) is 18.2 Å². The Hall–Kier alpha value is -0.680. The van der Waals surface area contributed by atoms with Crippen LogP contribution in [-0.4, -0.2) is 23.5 Å². The molecule has 1 amide bonds. The molecule has 0 bridgehead atoms. The van der Waals surface area contributed by atoms with Crippen molar-refractivity contribution in [2.75, 3.05) is 12.0 Å². The van der Waals surface area contributed by atoms with Crippen molar-refractivity contribution in [3.63, 3.8) is 0 Å². The molecule has 2 atom stereocenters. The van der Waals surface area contributed by atoms with E-state index in [2.05, 4.69) is 27.5 Å². The number of anilines is 1. The fraction of sp³-hybridized carbons (Fsp3) is 0.462. The van der Waals surface area contributed by atoms with E-state index in [4.69, 9.17) is 5.73 Å². The number of amides is 1. The lowest BCUT2D eigenvalue weighted by atomic mass is 10.1. The first-order valence-corrected chi connectivity index (χ1v) is 8.07. The van der Waals surface area contributed by atoms with Gasteiger partial charge in [-0.1, -0.05) is 6.07 Å². The van der Waals surface area contributed by atoms with E-state index in [0.717, 1.165) is 12.8 Å². The Morgan fingerprint density at radius 1 is 1.50 bits per heavy atom. The minimum Gasteiger partial charge on any atom is -0.398 e. The molecule has 3 nitrogen and oxygen atoms in total. The molecule has 1 aromatic rings. The lowest BCUT2D eigenvalue weighted by Gasteiger charge is -2.14. The monoisotopic (exact) mass is 328 g/mol. The van der Waals surface area contributed by atoms with Crippen LogP contribution in [0.5, 0.6) is 0 Å². The number of carbonyl (C=O) groups excluding carboxylic acids is 1. The predicted octanol–water partition coefficient (Wildman–Crippen LogP) is 3.05. The highest BCUT2D eigenvalue weighted by atomic mass is 79.9. The summed E-state index contributed by atoms with van der Waals surface area (Å²) in [6.07, 6.45) is 5.44. The van der Waals surface area contributed by atoms with Crippen molar-refractivity contribution in [2.45, 2.75) is 30.6 Å². The van der Waals surface area contributed by atoms with Crippen LogP contribution in [-0.2, 0) is 0 Å². The third-order valence-corrected chi connectivity index (χ3v) is 5.31. The molecular weight excluding hydrogens is 312 g/mol. The molecule has 1 aromatic carbocycles. The standard InChI is InChI=1S/C13H17BrN2OS/c1-18-9-6-5-8(7-9)16-13(17)10-3-2-4-11(15)12(10)14/h2-4,8-9H,5-7,15H2,1H3,(H,16,17). The maximum atomic E-state index is 12.2. The third kappa shape index (κ3) is 3.01. The van der Waals surface area contributed by atoms with E-state index in [-0.39, 0.29) is 5.91 Å². The first-order chi connectivity index (χ1) is 8.61. The van der Waals surface area contributed by atoms with Gasteiger partial charge in [-0.25, -0.2) is 0 Å². The van der Waals surface area contributed by atoms with Crippen LogP contribution in [0.3, 0.4) is 0 Å². The van der Waals surface area contributed by atoms with Crippen LogP contribution >= 0.6 is 27.7 Å². The molecule has 5 heteroatoms. The Morgan fingerprint density at radius 2 is 2.28 bits per heavy atom. The van der Waals surface area contributed by atoms with Gasteiger partial charge in [-0.2, -0.15) is 11.8 Å². The number of halogens is 1. The second-order valence-electron chi connectivity index (χ2n) is 4.55. The Balaban J connectivity index is 2.02. The number of benzene rings is 1. The van der Waals surface area contributed by atoms with E-state index in [0.29, 0.717) is 27.0 Å². The van der Waals surface area contributed by atoms with Crippen LogP contribution in [0.25, 0.3) is 0 Å². The molecule has 0 heterocycles. The maximum Gasteiger partial charge on any atom is 0.252 e. The molecular formula is C13H17BrN2OS. The van der Waals surface area contributed by atoms with Crippen molar-refractivity contribution in [2.24, 2.45) is 0 Å². The SMILES string of the molecule is CSC1CCC(NC(=O)c2cccc(N)c2Br)C1. The van der Waals surface area contributed by atoms with Crippen LogP contribution < -0.4 is 11.1 Å². The van der Waals surface area contributed by atoms with Crippen LogP contribution in [0, 0.1) is 0 Å². The van der Waals surface area contributed by atoms with E-state index in [1.165, 1.54) is 6.42 Å². The molecule has 0 spiro atoms. The fourth-order valence-electron chi connectivity index (χ4n) is 2.27. The molecule has 3 N–H and O–H groups in total. The van der Waals surface area contributed by atoms with Gasteiger partial charge < -0.3 is 11.1 Å². The summed E-state index contributed by atoms with van der Waals surface area (Å²) in [6.45, 7) is 0. The van der Waals surface area contributed by atoms with E-state index >= 15 is 0 Å². The van der Waals surface area contributed by atoms with Gasteiger partial charge in [0.15, 0.2) is 0 Å². The summed E-state index contributed by atoms with van der Waals surface area (Å²) in [6, 6.07) is 5.66. The topological polar surface area (TPSA) is 55.1 Å². The molecule has 2 unspecified atom stereocenters. The fourth-order valence-corrected chi connectivity index (χ4v) is 3.51. The number of rotatable bonds is 3. The normalized spacial score (nSPS) is 23.0. The Labute approximate surface area is 120 Å². The maximum absolute atomic E-state index is 12.2. The van der Waals surface area contributed by atoms with Crippen molar-refractivity contribution < 1.29 is 4.79 Å². The molecule has 1 fully saturated rings. The summed E-state index contributed by atoms with van der Waals surface area (Å²) in [7, 11) is 0. The highest BCUT2D eigenvalue weighted by Crippen LogP contribution is 2.29. The molecule has 0 radical (unpaired) electrons. The average molecular weight is 329 g/mol. The van der Waals surface area contributed by atoms with Gasteiger partial charge >= 0.3 is 0 Å². The van der Waals surface area contributed by atoms with Gasteiger partial charge in [0.05, 0.1) is 10.0 Å². The minimum atomic E-state index is -0.0408. The number of hydrogen-bond acceptors (Lipinski definition) is 3. The summed E-state index contributed by atoms with van der Waals surface area (Å²) in [5.74, 6) is -0.0408. The van der Waals surface area contributed by atoms with Crippen molar-refractivity contribution in [1.29, 1.82) is 0 Å². The molecule has 2 rings (SSSR count). The van der Waals surface area contributed by atoms with Gasteiger partial charge in [0.2, 0.25) is 0 Å². The molecule has 1 saturated carbocycles.